The molecule has 0 aliphatic carbocycles. The van der Waals surface area contributed by atoms with Crippen LogP contribution in [0.25, 0.3) is 6.08 Å². The van der Waals surface area contributed by atoms with Crippen LogP contribution in [0.2, 0.25) is 5.02 Å². The van der Waals surface area contributed by atoms with Crippen molar-refractivity contribution in [3.8, 4) is 5.75 Å². The topological polar surface area (TPSA) is 63.7 Å². The first kappa shape index (κ1) is 19.9. The van der Waals surface area contributed by atoms with Gasteiger partial charge in [-0.05, 0) is 59.8 Å². The first-order valence-electron chi connectivity index (χ1n) is 8.36. The molecular formula is C21H16ClNO4S. The number of Topliss-reactive ketones (excluding diaryl/α,β-unsaturated/α-hetero) is 1. The van der Waals surface area contributed by atoms with E-state index >= 15 is 0 Å². The van der Waals surface area contributed by atoms with Crippen molar-refractivity contribution in [2.24, 2.45) is 0 Å². The molecule has 3 rings (SSSR count). The van der Waals surface area contributed by atoms with E-state index in [1.807, 2.05) is 0 Å². The molecule has 7 heteroatoms. The molecule has 0 spiro atoms. The quantitative estimate of drug-likeness (QED) is 0.370. The maximum atomic E-state index is 12.6. The highest BCUT2D eigenvalue weighted by Gasteiger charge is 2.36. The summed E-state index contributed by atoms with van der Waals surface area (Å²) in [5.41, 5.74) is 1.14. The van der Waals surface area contributed by atoms with Crippen LogP contribution in [0, 0.1) is 0 Å². The van der Waals surface area contributed by atoms with Crippen molar-refractivity contribution in [1.82, 2.24) is 4.90 Å². The fraction of sp³-hybridized carbons (Fsp3) is 0.0952. The lowest BCUT2D eigenvalue weighted by molar-refractivity contribution is -0.122. The van der Waals surface area contributed by atoms with Gasteiger partial charge in [-0.3, -0.25) is 19.3 Å². The first-order valence-corrected chi connectivity index (χ1v) is 9.55. The molecule has 5 nitrogen and oxygen atoms in total. The Bertz CT molecular complexity index is 951. The first-order chi connectivity index (χ1) is 13.5. The van der Waals surface area contributed by atoms with Crippen molar-refractivity contribution >= 4 is 46.4 Å². The lowest BCUT2D eigenvalue weighted by Gasteiger charge is -2.11. The second kappa shape index (κ2) is 8.91. The number of ether oxygens (including phenoxy) is 1. The molecular weight excluding hydrogens is 398 g/mol. The molecule has 0 radical (unpaired) electrons. The van der Waals surface area contributed by atoms with Crippen molar-refractivity contribution in [1.29, 1.82) is 0 Å². The van der Waals surface area contributed by atoms with Gasteiger partial charge in [-0.15, -0.1) is 0 Å². The fourth-order valence-corrected chi connectivity index (χ4v) is 3.44. The summed E-state index contributed by atoms with van der Waals surface area (Å²) < 4.78 is 5.41. The van der Waals surface area contributed by atoms with Crippen LogP contribution in [0.5, 0.6) is 5.75 Å². The van der Waals surface area contributed by atoms with Gasteiger partial charge in [-0.25, -0.2) is 0 Å². The summed E-state index contributed by atoms with van der Waals surface area (Å²) in [6.07, 6.45) is 3.27. The van der Waals surface area contributed by atoms with E-state index in [9.17, 15) is 14.4 Å². The number of imide groups is 1. The number of benzene rings is 2. The number of rotatable bonds is 7. The Morgan fingerprint density at radius 1 is 1.11 bits per heavy atom. The Morgan fingerprint density at radius 2 is 1.79 bits per heavy atom. The highest BCUT2D eigenvalue weighted by Crippen LogP contribution is 2.32. The van der Waals surface area contributed by atoms with Gasteiger partial charge < -0.3 is 4.74 Å². The minimum atomic E-state index is -0.482. The highest BCUT2D eigenvalue weighted by molar-refractivity contribution is 8.18. The smallest absolute Gasteiger partial charge is 0.293 e. The van der Waals surface area contributed by atoms with Crippen LogP contribution in [0.4, 0.5) is 4.79 Å². The number of carbonyl (C=O) groups is 3. The molecule has 0 atom stereocenters. The molecule has 1 saturated heterocycles. The lowest BCUT2D eigenvalue weighted by Crippen LogP contribution is -2.33. The van der Waals surface area contributed by atoms with E-state index in [1.165, 1.54) is 0 Å². The molecule has 0 aromatic heterocycles. The number of nitrogens with zero attached hydrogens (tertiary/aromatic N) is 1. The fourth-order valence-electron chi connectivity index (χ4n) is 2.47. The molecule has 1 aliphatic rings. The Morgan fingerprint density at radius 3 is 2.43 bits per heavy atom. The molecule has 0 N–H and O–H groups in total. The third kappa shape index (κ3) is 4.71. The van der Waals surface area contributed by atoms with Gasteiger partial charge in [0.1, 0.15) is 12.4 Å². The molecule has 0 unspecified atom stereocenters. The molecule has 1 heterocycles. The zero-order valence-electron chi connectivity index (χ0n) is 14.8. The summed E-state index contributed by atoms with van der Waals surface area (Å²) in [5.74, 6) is -0.132. The van der Waals surface area contributed by atoms with Crippen molar-refractivity contribution < 1.29 is 19.1 Å². The minimum Gasteiger partial charge on any atom is -0.490 e. The number of halogens is 1. The minimum absolute atomic E-state index is 0.272. The summed E-state index contributed by atoms with van der Waals surface area (Å²) in [5, 5.41) is 0.0380. The summed E-state index contributed by atoms with van der Waals surface area (Å²) >= 11 is 6.63. The van der Waals surface area contributed by atoms with E-state index in [0.29, 0.717) is 22.9 Å². The van der Waals surface area contributed by atoms with Gasteiger partial charge in [-0.2, -0.15) is 0 Å². The summed E-state index contributed by atoms with van der Waals surface area (Å²) in [6, 6.07) is 13.4. The summed E-state index contributed by atoms with van der Waals surface area (Å²) in [6.45, 7) is 3.68. The van der Waals surface area contributed by atoms with Gasteiger partial charge in [-0.1, -0.05) is 36.4 Å². The number of hydrogen-bond acceptors (Lipinski definition) is 5. The van der Waals surface area contributed by atoms with Crippen LogP contribution in [0.3, 0.4) is 0 Å². The Kier molecular flexibility index (Phi) is 6.34. The number of carbonyl (C=O) groups excluding carboxylic acids is 3. The van der Waals surface area contributed by atoms with E-state index in [0.717, 1.165) is 22.2 Å². The zero-order chi connectivity index (χ0) is 20.1. The normalized spacial score (nSPS) is 15.2. The van der Waals surface area contributed by atoms with Crippen LogP contribution in [0.15, 0.2) is 66.1 Å². The van der Waals surface area contributed by atoms with Gasteiger partial charge in [0.15, 0.2) is 5.78 Å². The van der Waals surface area contributed by atoms with E-state index < -0.39 is 11.1 Å². The second-order valence-corrected chi connectivity index (χ2v) is 7.30. The standard InChI is InChI=1S/C21H16ClNO4S/c1-2-11-27-17-9-3-14(4-10-17)12-19-20(25)23(21(26)28-19)13-18(24)15-5-7-16(22)8-6-15/h2-10,12H,1,11,13H2/b19-12+. The van der Waals surface area contributed by atoms with Gasteiger partial charge in [0, 0.05) is 10.6 Å². The molecule has 2 aromatic carbocycles. The van der Waals surface area contributed by atoms with Crippen LogP contribution in [-0.2, 0) is 4.79 Å². The Labute approximate surface area is 171 Å². The Balaban J connectivity index is 1.70. The van der Waals surface area contributed by atoms with Gasteiger partial charge in [0.05, 0.1) is 11.4 Å². The lowest BCUT2D eigenvalue weighted by atomic mass is 10.1. The third-order valence-corrected chi connectivity index (χ3v) is 5.05. The van der Waals surface area contributed by atoms with E-state index in [2.05, 4.69) is 6.58 Å². The van der Waals surface area contributed by atoms with Crippen LogP contribution >= 0.6 is 23.4 Å². The van der Waals surface area contributed by atoms with Crippen molar-refractivity contribution in [3.63, 3.8) is 0 Å². The zero-order valence-corrected chi connectivity index (χ0v) is 16.3. The van der Waals surface area contributed by atoms with Crippen molar-refractivity contribution in [2.45, 2.75) is 0 Å². The van der Waals surface area contributed by atoms with E-state index in [1.54, 1.807) is 60.7 Å². The predicted octanol–water partition coefficient (Wildman–Crippen LogP) is 4.82. The highest BCUT2D eigenvalue weighted by atomic mass is 35.5. The predicted molar refractivity (Wildman–Crippen MR) is 111 cm³/mol. The summed E-state index contributed by atoms with van der Waals surface area (Å²) in [7, 11) is 0. The van der Waals surface area contributed by atoms with Gasteiger partial charge in [0.2, 0.25) is 0 Å². The average Bonchev–Trinajstić information content (AvgIpc) is 2.95. The van der Waals surface area contributed by atoms with Crippen LogP contribution in [-0.4, -0.2) is 35.0 Å². The second-order valence-electron chi connectivity index (χ2n) is 5.87. The maximum Gasteiger partial charge on any atom is 0.293 e. The van der Waals surface area contributed by atoms with Gasteiger partial charge >= 0.3 is 0 Å². The molecule has 2 amide bonds. The van der Waals surface area contributed by atoms with Crippen molar-refractivity contribution in [3.05, 3.63) is 82.2 Å². The molecule has 28 heavy (non-hydrogen) atoms. The van der Waals surface area contributed by atoms with Crippen molar-refractivity contribution in [2.75, 3.05) is 13.2 Å². The Hall–Kier alpha value is -2.83. The van der Waals surface area contributed by atoms with E-state index in [-0.39, 0.29) is 17.2 Å². The molecule has 1 fully saturated rings. The monoisotopic (exact) mass is 413 g/mol. The molecule has 1 aliphatic heterocycles. The number of thioether (sulfide) groups is 1. The third-order valence-electron chi connectivity index (χ3n) is 3.89. The molecule has 2 aromatic rings. The molecule has 0 bridgehead atoms. The van der Waals surface area contributed by atoms with Gasteiger partial charge in [0.25, 0.3) is 11.1 Å². The number of ketones is 1. The van der Waals surface area contributed by atoms with Crippen LogP contribution in [0.1, 0.15) is 15.9 Å². The number of amides is 2. The maximum absolute atomic E-state index is 12.6. The van der Waals surface area contributed by atoms with Crippen LogP contribution < -0.4 is 4.74 Å². The van der Waals surface area contributed by atoms with E-state index in [4.69, 9.17) is 16.3 Å². The molecule has 142 valence electrons. The molecule has 0 saturated carbocycles. The largest absolute Gasteiger partial charge is 0.490 e. The summed E-state index contributed by atoms with van der Waals surface area (Å²) in [4.78, 5) is 38.3. The average molecular weight is 414 g/mol. The SMILES string of the molecule is C=CCOc1ccc(/C=C2/SC(=O)N(CC(=O)c3ccc(Cl)cc3)C2=O)cc1. The number of hydrogen-bond donors (Lipinski definition) is 0.